The fraction of sp³-hybridized carbons (Fsp3) is 0.875. The number of likely N-dealkylation sites (N-methyl/N-ethyl adjacent to an activating group) is 1. The number of aliphatic carboxylic acids is 1. The van der Waals surface area contributed by atoms with E-state index in [9.17, 15) is 4.79 Å². The first-order chi connectivity index (χ1) is 5.59. The van der Waals surface area contributed by atoms with Crippen LogP contribution in [-0.4, -0.2) is 48.7 Å². The van der Waals surface area contributed by atoms with E-state index in [0.717, 1.165) is 6.54 Å². The molecule has 2 unspecified atom stereocenters. The predicted octanol–water partition coefficient (Wildman–Crippen LogP) is -0.389. The van der Waals surface area contributed by atoms with Gasteiger partial charge in [0.05, 0.1) is 5.92 Å². The van der Waals surface area contributed by atoms with Gasteiger partial charge in [-0.1, -0.05) is 0 Å². The minimum absolute atomic E-state index is 0.264. The van der Waals surface area contributed by atoms with Gasteiger partial charge in [-0.3, -0.25) is 4.79 Å². The molecule has 0 spiro atoms. The molecule has 0 saturated carbocycles. The van der Waals surface area contributed by atoms with Crippen LogP contribution in [0, 0.1) is 5.92 Å². The van der Waals surface area contributed by atoms with Crippen molar-refractivity contribution in [1.82, 2.24) is 10.2 Å². The van der Waals surface area contributed by atoms with Crippen molar-refractivity contribution < 1.29 is 9.90 Å². The molecule has 2 atom stereocenters. The fourth-order valence-electron chi connectivity index (χ4n) is 1.56. The van der Waals surface area contributed by atoms with Crippen LogP contribution in [0.1, 0.15) is 6.92 Å². The molecule has 1 aliphatic heterocycles. The Morgan fingerprint density at radius 3 is 2.83 bits per heavy atom. The minimum atomic E-state index is -0.705. The van der Waals surface area contributed by atoms with Gasteiger partial charge in [0.25, 0.3) is 0 Å². The molecule has 0 radical (unpaired) electrons. The highest BCUT2D eigenvalue weighted by atomic mass is 16.4. The number of nitrogens with one attached hydrogen (secondary N) is 1. The van der Waals surface area contributed by atoms with Gasteiger partial charge in [-0.2, -0.15) is 0 Å². The Kier molecular flexibility index (Phi) is 3.05. The van der Waals surface area contributed by atoms with E-state index < -0.39 is 5.97 Å². The summed E-state index contributed by atoms with van der Waals surface area (Å²) >= 11 is 0. The molecule has 0 amide bonds. The molecule has 0 aromatic carbocycles. The lowest BCUT2D eigenvalue weighted by Gasteiger charge is -2.17. The van der Waals surface area contributed by atoms with E-state index in [2.05, 4.69) is 17.1 Å². The first kappa shape index (κ1) is 9.48. The monoisotopic (exact) mass is 172 g/mol. The molecule has 70 valence electrons. The lowest BCUT2D eigenvalue weighted by atomic mass is 10.1. The van der Waals surface area contributed by atoms with E-state index in [0.29, 0.717) is 19.1 Å². The van der Waals surface area contributed by atoms with E-state index in [1.165, 1.54) is 0 Å². The molecule has 0 bridgehead atoms. The number of carboxylic acids is 1. The molecule has 1 fully saturated rings. The molecule has 0 aromatic heterocycles. The van der Waals surface area contributed by atoms with Crippen LogP contribution in [0.15, 0.2) is 0 Å². The molecule has 1 saturated heterocycles. The maximum absolute atomic E-state index is 10.7. The van der Waals surface area contributed by atoms with Crippen molar-refractivity contribution >= 4 is 5.97 Å². The van der Waals surface area contributed by atoms with Gasteiger partial charge in [0.15, 0.2) is 0 Å². The molecule has 4 heteroatoms. The van der Waals surface area contributed by atoms with Gasteiger partial charge >= 0.3 is 5.97 Å². The number of rotatable bonds is 1. The second kappa shape index (κ2) is 3.87. The number of carboxylic acid groups (broad SMARTS) is 1. The molecule has 4 nitrogen and oxygen atoms in total. The highest BCUT2D eigenvalue weighted by molar-refractivity contribution is 5.70. The summed E-state index contributed by atoms with van der Waals surface area (Å²) in [5.41, 5.74) is 0. The van der Waals surface area contributed by atoms with Crippen LogP contribution < -0.4 is 5.32 Å². The normalized spacial score (nSPS) is 32.8. The first-order valence-electron chi connectivity index (χ1n) is 4.24. The molecule has 1 heterocycles. The van der Waals surface area contributed by atoms with Crippen molar-refractivity contribution in [3.63, 3.8) is 0 Å². The summed E-state index contributed by atoms with van der Waals surface area (Å²) in [6.07, 6.45) is 0. The summed E-state index contributed by atoms with van der Waals surface area (Å²) in [5, 5.41) is 12.0. The summed E-state index contributed by atoms with van der Waals surface area (Å²) in [4.78, 5) is 12.8. The molecule has 0 aliphatic carbocycles. The van der Waals surface area contributed by atoms with Crippen molar-refractivity contribution in [2.24, 2.45) is 5.92 Å². The number of carbonyl (C=O) groups is 1. The lowest BCUT2D eigenvalue weighted by molar-refractivity contribution is -0.141. The smallest absolute Gasteiger partial charge is 0.309 e. The van der Waals surface area contributed by atoms with Gasteiger partial charge in [0.1, 0.15) is 0 Å². The van der Waals surface area contributed by atoms with Gasteiger partial charge < -0.3 is 15.3 Å². The Labute approximate surface area is 72.6 Å². The Morgan fingerprint density at radius 1 is 1.58 bits per heavy atom. The van der Waals surface area contributed by atoms with E-state index >= 15 is 0 Å². The Hall–Kier alpha value is -0.610. The van der Waals surface area contributed by atoms with Crippen molar-refractivity contribution in [3.8, 4) is 0 Å². The largest absolute Gasteiger partial charge is 0.481 e. The lowest BCUT2D eigenvalue weighted by Crippen LogP contribution is -2.33. The van der Waals surface area contributed by atoms with Crippen molar-refractivity contribution in [2.45, 2.75) is 13.0 Å². The second-order valence-electron chi connectivity index (χ2n) is 3.57. The van der Waals surface area contributed by atoms with E-state index in [-0.39, 0.29) is 5.92 Å². The molecule has 12 heavy (non-hydrogen) atoms. The summed E-state index contributed by atoms with van der Waals surface area (Å²) in [7, 11) is 1.96. The van der Waals surface area contributed by atoms with E-state index in [1.807, 2.05) is 7.05 Å². The second-order valence-corrected chi connectivity index (χ2v) is 3.57. The molecule has 1 rings (SSSR count). The quantitative estimate of drug-likeness (QED) is 0.565. The molecule has 2 N–H and O–H groups in total. The summed E-state index contributed by atoms with van der Waals surface area (Å²) < 4.78 is 0. The summed E-state index contributed by atoms with van der Waals surface area (Å²) in [6, 6.07) is 0.388. The van der Waals surface area contributed by atoms with Gasteiger partial charge in [0.2, 0.25) is 0 Å². The zero-order valence-corrected chi connectivity index (χ0v) is 7.58. The van der Waals surface area contributed by atoms with E-state index in [4.69, 9.17) is 5.11 Å². The van der Waals surface area contributed by atoms with Gasteiger partial charge in [-0.05, 0) is 14.0 Å². The topological polar surface area (TPSA) is 52.6 Å². The molecular formula is C8H16N2O2. The number of hydrogen-bond donors (Lipinski definition) is 2. The average molecular weight is 172 g/mol. The van der Waals surface area contributed by atoms with Crippen LogP contribution in [0.5, 0.6) is 0 Å². The Balaban J connectivity index is 2.52. The highest BCUT2D eigenvalue weighted by Gasteiger charge is 2.23. The van der Waals surface area contributed by atoms with Crippen LogP contribution >= 0.6 is 0 Å². The predicted molar refractivity (Wildman–Crippen MR) is 46.1 cm³/mol. The zero-order chi connectivity index (χ0) is 9.14. The van der Waals surface area contributed by atoms with Gasteiger partial charge in [0, 0.05) is 25.7 Å². The Morgan fingerprint density at radius 2 is 2.25 bits per heavy atom. The van der Waals surface area contributed by atoms with Crippen molar-refractivity contribution in [2.75, 3.05) is 26.7 Å². The van der Waals surface area contributed by atoms with Crippen molar-refractivity contribution in [1.29, 1.82) is 0 Å². The van der Waals surface area contributed by atoms with Crippen LogP contribution in [0.25, 0.3) is 0 Å². The summed E-state index contributed by atoms with van der Waals surface area (Å²) in [5.74, 6) is -0.969. The summed E-state index contributed by atoms with van der Waals surface area (Å²) in [6.45, 7) is 4.22. The molecular weight excluding hydrogens is 156 g/mol. The molecule has 0 aromatic rings. The van der Waals surface area contributed by atoms with Crippen LogP contribution in [0.4, 0.5) is 0 Å². The van der Waals surface area contributed by atoms with E-state index in [1.54, 1.807) is 0 Å². The van der Waals surface area contributed by atoms with Crippen LogP contribution in [0.3, 0.4) is 0 Å². The van der Waals surface area contributed by atoms with Gasteiger partial charge in [-0.15, -0.1) is 0 Å². The number of nitrogens with zero attached hydrogens (tertiary/aromatic N) is 1. The number of hydrogen-bond acceptors (Lipinski definition) is 3. The average Bonchev–Trinajstić information content (AvgIpc) is 2.11. The maximum Gasteiger partial charge on any atom is 0.309 e. The standard InChI is InChI=1S/C8H16N2O2/c1-6-4-10(2)5-7(3-9-6)8(11)12/h6-7,9H,3-5H2,1-2H3,(H,11,12). The fourth-order valence-corrected chi connectivity index (χ4v) is 1.56. The minimum Gasteiger partial charge on any atom is -0.481 e. The molecule has 1 aliphatic rings. The maximum atomic E-state index is 10.7. The van der Waals surface area contributed by atoms with Crippen LogP contribution in [-0.2, 0) is 4.79 Å². The first-order valence-corrected chi connectivity index (χ1v) is 4.24. The SMILES string of the molecule is CC1CN(C)CC(C(=O)O)CN1. The highest BCUT2D eigenvalue weighted by Crippen LogP contribution is 2.04. The third-order valence-electron chi connectivity index (χ3n) is 2.18. The van der Waals surface area contributed by atoms with Crippen molar-refractivity contribution in [3.05, 3.63) is 0 Å². The van der Waals surface area contributed by atoms with Gasteiger partial charge in [-0.25, -0.2) is 0 Å². The third kappa shape index (κ3) is 2.46. The zero-order valence-electron chi connectivity index (χ0n) is 7.58. The third-order valence-corrected chi connectivity index (χ3v) is 2.18. The Bertz CT molecular complexity index is 172. The van der Waals surface area contributed by atoms with Crippen LogP contribution in [0.2, 0.25) is 0 Å².